The minimum absolute atomic E-state index is 0.340. The van der Waals surface area contributed by atoms with Crippen molar-refractivity contribution in [3.63, 3.8) is 0 Å². The molecule has 19 heavy (non-hydrogen) atoms. The third-order valence-electron chi connectivity index (χ3n) is 2.20. The monoisotopic (exact) mass is 266 g/mol. The number of amides is 1. The zero-order valence-electron chi connectivity index (χ0n) is 11.9. The van der Waals surface area contributed by atoms with Crippen LogP contribution in [0.3, 0.4) is 0 Å². The summed E-state index contributed by atoms with van der Waals surface area (Å²) in [5.74, 6) is 0.631. The van der Waals surface area contributed by atoms with Crippen LogP contribution in [0, 0.1) is 6.92 Å². The highest BCUT2D eigenvalue weighted by atomic mass is 16.6. The second-order valence-electron chi connectivity index (χ2n) is 5.32. The maximum absolute atomic E-state index is 11.4. The lowest BCUT2D eigenvalue weighted by molar-refractivity contribution is 0.0520. The van der Waals surface area contributed by atoms with E-state index in [2.05, 4.69) is 5.32 Å². The lowest BCUT2D eigenvalue weighted by Gasteiger charge is -2.19. The van der Waals surface area contributed by atoms with Crippen molar-refractivity contribution >= 4 is 11.8 Å². The first-order chi connectivity index (χ1) is 8.78. The van der Waals surface area contributed by atoms with E-state index >= 15 is 0 Å². The van der Waals surface area contributed by atoms with E-state index in [4.69, 9.17) is 15.2 Å². The fourth-order valence-corrected chi connectivity index (χ4v) is 1.39. The molecule has 0 fully saturated rings. The van der Waals surface area contributed by atoms with Crippen molar-refractivity contribution in [3.05, 3.63) is 23.8 Å². The fraction of sp³-hybridized carbons (Fsp3) is 0.500. The van der Waals surface area contributed by atoms with Crippen LogP contribution in [-0.2, 0) is 4.74 Å². The van der Waals surface area contributed by atoms with Gasteiger partial charge in [-0.15, -0.1) is 0 Å². The fourth-order valence-electron chi connectivity index (χ4n) is 1.39. The number of rotatable bonds is 4. The summed E-state index contributed by atoms with van der Waals surface area (Å²) in [4.78, 5) is 11.4. The Labute approximate surface area is 114 Å². The van der Waals surface area contributed by atoms with Crippen molar-refractivity contribution in [1.29, 1.82) is 0 Å². The SMILES string of the molecule is Cc1ccc(N)c(OCCNC(=O)OC(C)(C)C)c1. The average molecular weight is 266 g/mol. The van der Waals surface area contributed by atoms with Gasteiger partial charge in [0, 0.05) is 0 Å². The number of hydrogen-bond acceptors (Lipinski definition) is 4. The number of benzene rings is 1. The lowest BCUT2D eigenvalue weighted by Crippen LogP contribution is -2.34. The standard InChI is InChI=1S/C14H22N2O3/c1-10-5-6-11(15)12(9-10)18-8-7-16-13(17)19-14(2,3)4/h5-6,9H,7-8,15H2,1-4H3,(H,16,17). The van der Waals surface area contributed by atoms with E-state index in [1.165, 1.54) is 0 Å². The van der Waals surface area contributed by atoms with Gasteiger partial charge < -0.3 is 20.5 Å². The zero-order valence-corrected chi connectivity index (χ0v) is 11.9. The summed E-state index contributed by atoms with van der Waals surface area (Å²) in [5.41, 5.74) is 6.94. The predicted octanol–water partition coefficient (Wildman–Crippen LogP) is 2.48. The van der Waals surface area contributed by atoms with Crippen molar-refractivity contribution < 1.29 is 14.3 Å². The molecule has 0 saturated heterocycles. The molecule has 0 aliphatic rings. The van der Waals surface area contributed by atoms with E-state index in [1.807, 2.05) is 39.8 Å². The molecule has 5 heteroatoms. The Balaban J connectivity index is 2.31. The molecule has 106 valence electrons. The van der Waals surface area contributed by atoms with E-state index in [9.17, 15) is 4.79 Å². The molecule has 0 spiro atoms. The van der Waals surface area contributed by atoms with Crippen molar-refractivity contribution in [2.24, 2.45) is 0 Å². The molecule has 1 rings (SSSR count). The van der Waals surface area contributed by atoms with Crippen LogP contribution in [0.5, 0.6) is 5.75 Å². The van der Waals surface area contributed by atoms with Crippen LogP contribution < -0.4 is 15.8 Å². The first kappa shape index (κ1) is 15.1. The van der Waals surface area contributed by atoms with Gasteiger partial charge in [0.25, 0.3) is 0 Å². The molecule has 0 aliphatic heterocycles. The molecule has 1 aromatic carbocycles. The van der Waals surface area contributed by atoms with E-state index in [-0.39, 0.29) is 0 Å². The van der Waals surface area contributed by atoms with Crippen LogP contribution in [0.25, 0.3) is 0 Å². The van der Waals surface area contributed by atoms with Gasteiger partial charge in [-0.1, -0.05) is 6.07 Å². The number of aryl methyl sites for hydroxylation is 1. The summed E-state index contributed by atoms with van der Waals surface area (Å²) in [5, 5.41) is 2.62. The number of anilines is 1. The molecule has 0 atom stereocenters. The second kappa shape index (κ2) is 6.31. The van der Waals surface area contributed by atoms with E-state index in [1.54, 1.807) is 6.07 Å². The Morgan fingerprint density at radius 1 is 1.37 bits per heavy atom. The summed E-state index contributed by atoms with van der Waals surface area (Å²) >= 11 is 0. The maximum Gasteiger partial charge on any atom is 0.407 e. The Morgan fingerprint density at radius 3 is 2.68 bits per heavy atom. The quantitative estimate of drug-likeness (QED) is 0.648. The number of nitrogen functional groups attached to an aromatic ring is 1. The normalized spacial score (nSPS) is 10.9. The van der Waals surface area contributed by atoms with E-state index in [0.717, 1.165) is 5.56 Å². The van der Waals surface area contributed by atoms with Gasteiger partial charge in [0.1, 0.15) is 18.0 Å². The highest BCUT2D eigenvalue weighted by Gasteiger charge is 2.15. The highest BCUT2D eigenvalue weighted by Crippen LogP contribution is 2.21. The largest absolute Gasteiger partial charge is 0.490 e. The van der Waals surface area contributed by atoms with Crippen LogP contribution in [-0.4, -0.2) is 24.8 Å². The number of nitrogens with one attached hydrogen (secondary N) is 1. The number of carbonyl (C=O) groups excluding carboxylic acids is 1. The van der Waals surface area contributed by atoms with Crippen molar-refractivity contribution in [2.45, 2.75) is 33.3 Å². The third-order valence-corrected chi connectivity index (χ3v) is 2.20. The molecule has 0 bridgehead atoms. The Bertz CT molecular complexity index is 439. The number of alkyl carbamates (subject to hydrolysis) is 1. The van der Waals surface area contributed by atoms with E-state index in [0.29, 0.717) is 24.6 Å². The molecule has 0 aliphatic carbocycles. The first-order valence-electron chi connectivity index (χ1n) is 6.24. The van der Waals surface area contributed by atoms with Gasteiger partial charge >= 0.3 is 6.09 Å². The summed E-state index contributed by atoms with van der Waals surface area (Å²) in [6, 6.07) is 5.58. The maximum atomic E-state index is 11.4. The van der Waals surface area contributed by atoms with Crippen LogP contribution in [0.4, 0.5) is 10.5 Å². The Morgan fingerprint density at radius 2 is 2.05 bits per heavy atom. The van der Waals surface area contributed by atoms with Gasteiger partial charge in [0.2, 0.25) is 0 Å². The Kier molecular flexibility index (Phi) is 5.03. The minimum atomic E-state index is -0.494. The predicted molar refractivity (Wildman–Crippen MR) is 75.3 cm³/mol. The smallest absolute Gasteiger partial charge is 0.407 e. The lowest BCUT2D eigenvalue weighted by atomic mass is 10.2. The summed E-state index contributed by atoms with van der Waals surface area (Å²) in [7, 11) is 0. The molecular formula is C14H22N2O3. The third kappa shape index (κ3) is 5.99. The average Bonchev–Trinajstić information content (AvgIpc) is 2.26. The van der Waals surface area contributed by atoms with Crippen molar-refractivity contribution in [2.75, 3.05) is 18.9 Å². The topological polar surface area (TPSA) is 73.6 Å². The van der Waals surface area contributed by atoms with Gasteiger partial charge in [0.05, 0.1) is 12.2 Å². The molecule has 3 N–H and O–H groups in total. The van der Waals surface area contributed by atoms with Gasteiger partial charge in [0.15, 0.2) is 0 Å². The van der Waals surface area contributed by atoms with E-state index < -0.39 is 11.7 Å². The summed E-state index contributed by atoms with van der Waals surface area (Å²) < 4.78 is 10.6. The molecule has 0 saturated carbocycles. The van der Waals surface area contributed by atoms with Crippen molar-refractivity contribution in [1.82, 2.24) is 5.32 Å². The molecular weight excluding hydrogens is 244 g/mol. The van der Waals surface area contributed by atoms with Crippen LogP contribution in [0.1, 0.15) is 26.3 Å². The summed E-state index contributed by atoms with van der Waals surface area (Å²) in [6.07, 6.45) is -0.451. The Hall–Kier alpha value is -1.91. The molecule has 0 unspecified atom stereocenters. The number of nitrogens with two attached hydrogens (primary N) is 1. The molecule has 1 aromatic rings. The summed E-state index contributed by atoms with van der Waals surface area (Å²) in [6.45, 7) is 8.12. The number of ether oxygens (including phenoxy) is 2. The molecule has 0 heterocycles. The second-order valence-corrected chi connectivity index (χ2v) is 5.32. The first-order valence-corrected chi connectivity index (χ1v) is 6.24. The van der Waals surface area contributed by atoms with Gasteiger partial charge in [-0.05, 0) is 45.4 Å². The molecule has 0 aromatic heterocycles. The van der Waals surface area contributed by atoms with Crippen LogP contribution in [0.2, 0.25) is 0 Å². The van der Waals surface area contributed by atoms with Gasteiger partial charge in [-0.3, -0.25) is 0 Å². The van der Waals surface area contributed by atoms with Crippen molar-refractivity contribution in [3.8, 4) is 5.75 Å². The van der Waals surface area contributed by atoms with Gasteiger partial charge in [-0.2, -0.15) is 0 Å². The molecule has 5 nitrogen and oxygen atoms in total. The van der Waals surface area contributed by atoms with Crippen LogP contribution >= 0.6 is 0 Å². The van der Waals surface area contributed by atoms with Crippen LogP contribution in [0.15, 0.2) is 18.2 Å². The minimum Gasteiger partial charge on any atom is -0.490 e. The number of carbonyl (C=O) groups is 1. The molecule has 0 radical (unpaired) electrons. The number of hydrogen-bond donors (Lipinski definition) is 2. The molecule has 1 amide bonds. The highest BCUT2D eigenvalue weighted by molar-refractivity contribution is 5.67. The zero-order chi connectivity index (χ0) is 14.5. The van der Waals surface area contributed by atoms with Gasteiger partial charge in [-0.25, -0.2) is 4.79 Å².